The molecule has 2 aromatic rings. The molecule has 3 rings (SSSR count). The third-order valence-corrected chi connectivity index (χ3v) is 4.03. The van der Waals surface area contributed by atoms with Crippen molar-refractivity contribution in [2.45, 2.75) is 9.79 Å². The van der Waals surface area contributed by atoms with Crippen molar-refractivity contribution >= 4 is 29.3 Å². The maximum absolute atomic E-state index is 13.7. The number of nitrogens with one attached hydrogen (secondary N) is 1. The Labute approximate surface area is 117 Å². The molecule has 20 heavy (non-hydrogen) atoms. The molecule has 1 amide bonds. The van der Waals surface area contributed by atoms with Crippen LogP contribution in [0.3, 0.4) is 0 Å². The summed E-state index contributed by atoms with van der Waals surface area (Å²) in [6, 6.07) is 9.29. The van der Waals surface area contributed by atoms with E-state index in [1.807, 2.05) is 6.07 Å². The normalized spacial score (nSPS) is 12.9. The van der Waals surface area contributed by atoms with Gasteiger partial charge in [0.25, 0.3) is 5.91 Å². The number of hydrogen-bond acceptors (Lipinski definition) is 3. The second kappa shape index (κ2) is 4.64. The third kappa shape index (κ3) is 2.04. The fourth-order valence-corrected chi connectivity index (χ4v) is 3.00. The summed E-state index contributed by atoms with van der Waals surface area (Å²) >= 11 is 1.23. The molecule has 0 aliphatic carbocycles. The third-order valence-electron chi connectivity index (χ3n) is 2.90. The topological polar surface area (TPSA) is 66.4 Å². The van der Waals surface area contributed by atoms with E-state index >= 15 is 0 Å². The number of hydrogen-bond donors (Lipinski definition) is 2. The minimum absolute atomic E-state index is 0.133. The maximum atomic E-state index is 13.7. The van der Waals surface area contributed by atoms with Crippen LogP contribution in [0, 0.1) is 5.82 Å². The lowest BCUT2D eigenvalue weighted by molar-refractivity contribution is 0.0691. The number of para-hydroxylation sites is 1. The number of anilines is 1. The van der Waals surface area contributed by atoms with Gasteiger partial charge in [0.05, 0.1) is 16.8 Å². The predicted octanol–water partition coefficient (Wildman–Crippen LogP) is 3.24. The summed E-state index contributed by atoms with van der Waals surface area (Å²) in [7, 11) is 0. The van der Waals surface area contributed by atoms with Gasteiger partial charge in [-0.05, 0) is 24.3 Å². The molecule has 1 heterocycles. The molecule has 0 atom stereocenters. The highest BCUT2D eigenvalue weighted by molar-refractivity contribution is 7.99. The Kier molecular flexibility index (Phi) is 2.94. The van der Waals surface area contributed by atoms with Crippen LogP contribution in [-0.4, -0.2) is 17.0 Å². The first-order valence-electron chi connectivity index (χ1n) is 5.71. The number of benzene rings is 2. The van der Waals surface area contributed by atoms with Gasteiger partial charge in [-0.15, -0.1) is 0 Å². The van der Waals surface area contributed by atoms with E-state index in [0.29, 0.717) is 10.6 Å². The first-order chi connectivity index (χ1) is 9.56. The molecule has 0 fully saturated rings. The molecule has 100 valence electrons. The average Bonchev–Trinajstić information content (AvgIpc) is 2.54. The van der Waals surface area contributed by atoms with Crippen LogP contribution < -0.4 is 5.32 Å². The van der Waals surface area contributed by atoms with E-state index in [1.54, 1.807) is 18.2 Å². The van der Waals surface area contributed by atoms with Crippen molar-refractivity contribution < 1.29 is 19.1 Å². The van der Waals surface area contributed by atoms with Gasteiger partial charge < -0.3 is 10.4 Å². The van der Waals surface area contributed by atoms with Crippen molar-refractivity contribution in [3.05, 3.63) is 53.3 Å². The average molecular weight is 289 g/mol. The quantitative estimate of drug-likeness (QED) is 0.845. The molecule has 1 aliphatic heterocycles. The largest absolute Gasteiger partial charge is 0.478 e. The van der Waals surface area contributed by atoms with Gasteiger partial charge in [-0.25, -0.2) is 9.18 Å². The number of rotatable bonds is 1. The van der Waals surface area contributed by atoms with Crippen molar-refractivity contribution in [2.75, 3.05) is 5.32 Å². The highest BCUT2D eigenvalue weighted by atomic mass is 32.2. The Morgan fingerprint density at radius 3 is 2.70 bits per heavy atom. The van der Waals surface area contributed by atoms with Gasteiger partial charge in [0.2, 0.25) is 0 Å². The molecule has 2 aromatic carbocycles. The van der Waals surface area contributed by atoms with Gasteiger partial charge in [-0.3, -0.25) is 4.79 Å². The number of carboxylic acids is 1. The first kappa shape index (κ1) is 12.7. The Hall–Kier alpha value is -2.34. The zero-order chi connectivity index (χ0) is 14.3. The van der Waals surface area contributed by atoms with Crippen LogP contribution >= 0.6 is 11.8 Å². The standard InChI is InChI=1S/C14H8FNO3S/c15-9-5-8-12(6-7(9)14(18)19)20-11-4-2-1-3-10(11)16-13(8)17/h1-6H,(H,16,17)(H,18,19). The Morgan fingerprint density at radius 1 is 1.20 bits per heavy atom. The van der Waals surface area contributed by atoms with Gasteiger partial charge in [0.15, 0.2) is 0 Å². The summed E-state index contributed by atoms with van der Waals surface area (Å²) in [5.41, 5.74) is 0.313. The van der Waals surface area contributed by atoms with Crippen LogP contribution in [0.1, 0.15) is 20.7 Å². The molecule has 1 aliphatic rings. The van der Waals surface area contributed by atoms with E-state index in [9.17, 15) is 14.0 Å². The zero-order valence-electron chi connectivity index (χ0n) is 10.0. The van der Waals surface area contributed by atoms with Crippen molar-refractivity contribution in [3.63, 3.8) is 0 Å². The first-order valence-corrected chi connectivity index (χ1v) is 6.53. The smallest absolute Gasteiger partial charge is 0.338 e. The number of fused-ring (bicyclic) bond motifs is 2. The minimum atomic E-state index is -1.36. The number of carbonyl (C=O) groups is 2. The van der Waals surface area contributed by atoms with E-state index in [-0.39, 0.29) is 5.56 Å². The number of aromatic carboxylic acids is 1. The van der Waals surface area contributed by atoms with Gasteiger partial charge in [-0.1, -0.05) is 23.9 Å². The number of carbonyl (C=O) groups excluding carboxylic acids is 1. The lowest BCUT2D eigenvalue weighted by atomic mass is 10.1. The number of halogens is 1. The highest BCUT2D eigenvalue weighted by Gasteiger charge is 2.23. The molecular formula is C14H8FNO3S. The molecule has 0 saturated heterocycles. The van der Waals surface area contributed by atoms with Crippen LogP contribution in [0.5, 0.6) is 0 Å². The maximum Gasteiger partial charge on any atom is 0.338 e. The number of carboxylic acid groups (broad SMARTS) is 1. The van der Waals surface area contributed by atoms with Crippen LogP contribution in [0.2, 0.25) is 0 Å². The molecule has 0 aromatic heterocycles. The summed E-state index contributed by atoms with van der Waals surface area (Å²) in [6.45, 7) is 0. The second-order valence-corrected chi connectivity index (χ2v) is 5.27. The van der Waals surface area contributed by atoms with Gasteiger partial charge in [0, 0.05) is 9.79 Å². The molecule has 4 nitrogen and oxygen atoms in total. The summed E-state index contributed by atoms with van der Waals surface area (Å²) in [6.07, 6.45) is 0. The minimum Gasteiger partial charge on any atom is -0.478 e. The fraction of sp³-hybridized carbons (Fsp3) is 0. The van der Waals surface area contributed by atoms with E-state index in [1.165, 1.54) is 17.8 Å². The van der Waals surface area contributed by atoms with E-state index < -0.39 is 23.3 Å². The van der Waals surface area contributed by atoms with E-state index in [2.05, 4.69) is 5.32 Å². The van der Waals surface area contributed by atoms with Gasteiger partial charge in [0.1, 0.15) is 5.82 Å². The van der Waals surface area contributed by atoms with Crippen molar-refractivity contribution in [2.24, 2.45) is 0 Å². The fourth-order valence-electron chi connectivity index (χ4n) is 1.95. The lowest BCUT2D eigenvalue weighted by Crippen LogP contribution is -2.13. The Morgan fingerprint density at radius 2 is 1.95 bits per heavy atom. The monoisotopic (exact) mass is 289 g/mol. The van der Waals surface area contributed by atoms with E-state index in [4.69, 9.17) is 5.11 Å². The SMILES string of the molecule is O=C(O)c1cc2c(cc1F)C(=O)Nc1ccccc1S2. The van der Waals surface area contributed by atoms with E-state index in [0.717, 1.165) is 11.0 Å². The van der Waals surface area contributed by atoms with Crippen LogP contribution in [-0.2, 0) is 0 Å². The Bertz CT molecular complexity index is 745. The molecule has 6 heteroatoms. The number of amides is 1. The summed E-state index contributed by atoms with van der Waals surface area (Å²) in [5.74, 6) is -2.73. The van der Waals surface area contributed by atoms with Crippen molar-refractivity contribution in [1.29, 1.82) is 0 Å². The molecule has 0 unspecified atom stereocenters. The molecule has 0 spiro atoms. The molecule has 0 saturated carbocycles. The van der Waals surface area contributed by atoms with Crippen molar-refractivity contribution in [3.8, 4) is 0 Å². The summed E-state index contributed by atoms with van der Waals surface area (Å²) < 4.78 is 13.7. The lowest BCUT2D eigenvalue weighted by Gasteiger charge is -2.06. The summed E-state index contributed by atoms with van der Waals surface area (Å²) in [4.78, 5) is 24.2. The molecular weight excluding hydrogens is 281 g/mol. The zero-order valence-corrected chi connectivity index (χ0v) is 10.8. The predicted molar refractivity (Wildman–Crippen MR) is 71.9 cm³/mol. The second-order valence-electron chi connectivity index (χ2n) is 4.19. The van der Waals surface area contributed by atoms with Crippen LogP contribution in [0.25, 0.3) is 0 Å². The Balaban J connectivity index is 2.20. The van der Waals surface area contributed by atoms with Crippen molar-refractivity contribution in [1.82, 2.24) is 0 Å². The molecule has 0 radical (unpaired) electrons. The van der Waals surface area contributed by atoms with Gasteiger partial charge in [-0.2, -0.15) is 0 Å². The highest BCUT2D eigenvalue weighted by Crippen LogP contribution is 2.39. The molecule has 0 bridgehead atoms. The molecule has 2 N–H and O–H groups in total. The van der Waals surface area contributed by atoms with Gasteiger partial charge >= 0.3 is 5.97 Å². The van der Waals surface area contributed by atoms with Crippen LogP contribution in [0.15, 0.2) is 46.2 Å². The summed E-state index contributed by atoms with van der Waals surface area (Å²) in [5, 5.41) is 11.6. The van der Waals surface area contributed by atoms with Crippen LogP contribution in [0.4, 0.5) is 10.1 Å².